The van der Waals surface area contributed by atoms with Gasteiger partial charge in [-0.05, 0) is 41.5 Å². The predicted octanol–water partition coefficient (Wildman–Crippen LogP) is 4.39. The smallest absolute Gasteiger partial charge is 0.344 e. The van der Waals surface area contributed by atoms with Crippen molar-refractivity contribution in [1.82, 2.24) is 0 Å². The topological polar surface area (TPSA) is 119 Å². The van der Waals surface area contributed by atoms with Gasteiger partial charge in [-0.25, -0.2) is 4.79 Å². The molecule has 162 valence electrons. The molecule has 0 radical (unpaired) electrons. The second kappa shape index (κ2) is 7.77. The summed E-state index contributed by atoms with van der Waals surface area (Å²) in [5.74, 6) is -0.153. The van der Waals surface area contributed by atoms with E-state index in [4.69, 9.17) is 19.6 Å². The zero-order valence-electron chi connectivity index (χ0n) is 17.5. The molecular weight excluding hydrogens is 420 g/mol. The fourth-order valence-corrected chi connectivity index (χ4v) is 4.19. The van der Waals surface area contributed by atoms with Crippen LogP contribution in [-0.4, -0.2) is 12.2 Å². The average molecular weight is 438 g/mol. The number of methoxy groups -OCH3 is 1. The predicted molar refractivity (Wildman–Crippen MR) is 122 cm³/mol. The van der Waals surface area contributed by atoms with Crippen LogP contribution in [0.5, 0.6) is 17.2 Å². The Morgan fingerprint density at radius 3 is 2.61 bits per heavy atom. The summed E-state index contributed by atoms with van der Waals surface area (Å²) in [6, 6.07) is 21.5. The van der Waals surface area contributed by atoms with E-state index in [0.717, 1.165) is 11.1 Å². The van der Waals surface area contributed by atoms with E-state index in [1.54, 1.807) is 19.2 Å². The van der Waals surface area contributed by atoms with Crippen molar-refractivity contribution in [2.24, 2.45) is 5.73 Å². The van der Waals surface area contributed by atoms with Crippen molar-refractivity contribution >= 4 is 11.0 Å². The van der Waals surface area contributed by atoms with Crippen LogP contribution in [0.1, 0.15) is 17.0 Å². The number of hydrogen-bond acceptors (Lipinski definition) is 7. The van der Waals surface area contributed by atoms with Gasteiger partial charge < -0.3 is 24.7 Å². The second-order valence-electron chi connectivity index (χ2n) is 7.56. The molecule has 33 heavy (non-hydrogen) atoms. The van der Waals surface area contributed by atoms with E-state index in [2.05, 4.69) is 6.07 Å². The van der Waals surface area contributed by atoms with Crippen molar-refractivity contribution in [3.05, 3.63) is 99.7 Å². The highest BCUT2D eigenvalue weighted by Gasteiger charge is 2.36. The number of phenolic OH excluding ortho intramolecular Hbond substituents is 1. The minimum Gasteiger partial charge on any atom is -0.508 e. The summed E-state index contributed by atoms with van der Waals surface area (Å²) in [6.45, 7) is 0. The largest absolute Gasteiger partial charge is 0.508 e. The van der Waals surface area contributed by atoms with Gasteiger partial charge in [0.15, 0.2) is 5.75 Å². The lowest BCUT2D eigenvalue weighted by Gasteiger charge is -2.26. The van der Waals surface area contributed by atoms with Crippen molar-refractivity contribution in [1.29, 1.82) is 5.26 Å². The molecule has 1 aromatic heterocycles. The second-order valence-corrected chi connectivity index (χ2v) is 7.56. The number of ether oxygens (including phenoxy) is 2. The van der Waals surface area contributed by atoms with Gasteiger partial charge in [-0.1, -0.05) is 36.4 Å². The van der Waals surface area contributed by atoms with Crippen LogP contribution in [0.25, 0.3) is 22.1 Å². The van der Waals surface area contributed by atoms with Crippen LogP contribution < -0.4 is 20.8 Å². The van der Waals surface area contributed by atoms with Gasteiger partial charge in [-0.3, -0.25) is 0 Å². The number of phenols is 1. The van der Waals surface area contributed by atoms with Crippen molar-refractivity contribution in [3.8, 4) is 34.4 Å². The summed E-state index contributed by atoms with van der Waals surface area (Å²) in [7, 11) is 1.58. The molecular formula is C26H18N2O5. The number of aromatic hydroxyl groups is 1. The zero-order chi connectivity index (χ0) is 23.1. The minimum atomic E-state index is -0.824. The first-order valence-electron chi connectivity index (χ1n) is 10.1. The number of fused-ring (bicyclic) bond motifs is 3. The van der Waals surface area contributed by atoms with Crippen molar-refractivity contribution in [2.75, 3.05) is 7.11 Å². The molecule has 7 heteroatoms. The van der Waals surface area contributed by atoms with Gasteiger partial charge in [0.1, 0.15) is 28.7 Å². The summed E-state index contributed by atoms with van der Waals surface area (Å²) < 4.78 is 16.8. The Balaban J connectivity index is 1.81. The van der Waals surface area contributed by atoms with E-state index in [0.29, 0.717) is 16.7 Å². The molecule has 3 N–H and O–H groups in total. The number of nitrogens with zero attached hydrogens (tertiary/aromatic N) is 1. The van der Waals surface area contributed by atoms with E-state index >= 15 is 0 Å². The molecule has 1 aliphatic heterocycles. The quantitative estimate of drug-likeness (QED) is 0.455. The standard InChI is InChI=1S/C26H18N2O5/c1-31-20-9-7-15(11-17(20)14-5-3-2-4-6-14)22-19(13-27)25(28)33-24-18-12-16(29)8-10-21(18)32-26(30)23(22)24/h2-12,22,29H,28H2,1H3. The number of hydrogen-bond donors (Lipinski definition) is 2. The summed E-state index contributed by atoms with van der Waals surface area (Å²) in [5, 5.41) is 20.3. The number of benzene rings is 3. The highest BCUT2D eigenvalue weighted by atomic mass is 16.5. The Morgan fingerprint density at radius 2 is 1.88 bits per heavy atom. The number of nitrogens with two attached hydrogens (primary N) is 1. The molecule has 2 heterocycles. The van der Waals surface area contributed by atoms with Gasteiger partial charge in [-0.15, -0.1) is 0 Å². The molecule has 3 aromatic carbocycles. The Morgan fingerprint density at radius 1 is 1.09 bits per heavy atom. The monoisotopic (exact) mass is 438 g/mol. The lowest BCUT2D eigenvalue weighted by Crippen LogP contribution is -2.26. The normalized spacial score (nSPS) is 15.0. The summed E-state index contributed by atoms with van der Waals surface area (Å²) in [4.78, 5) is 13.1. The molecule has 1 aliphatic rings. The summed E-state index contributed by atoms with van der Waals surface area (Å²) in [5.41, 5.74) is 8.31. The first-order valence-corrected chi connectivity index (χ1v) is 10.1. The highest BCUT2D eigenvalue weighted by molar-refractivity contribution is 5.87. The molecule has 0 amide bonds. The first kappa shape index (κ1) is 20.2. The first-order chi connectivity index (χ1) is 16.0. The molecule has 7 nitrogen and oxygen atoms in total. The number of nitriles is 1. The molecule has 4 aromatic rings. The van der Waals surface area contributed by atoms with E-state index in [1.165, 1.54) is 18.2 Å². The van der Waals surface area contributed by atoms with Crippen LogP contribution in [0.2, 0.25) is 0 Å². The van der Waals surface area contributed by atoms with Gasteiger partial charge in [0.2, 0.25) is 5.88 Å². The van der Waals surface area contributed by atoms with Crippen molar-refractivity contribution < 1.29 is 19.0 Å². The fraction of sp³-hybridized carbons (Fsp3) is 0.0769. The van der Waals surface area contributed by atoms with Crippen LogP contribution in [-0.2, 0) is 0 Å². The van der Waals surface area contributed by atoms with E-state index in [-0.39, 0.29) is 34.1 Å². The van der Waals surface area contributed by atoms with Gasteiger partial charge in [0.25, 0.3) is 0 Å². The third-order valence-electron chi connectivity index (χ3n) is 5.69. The van der Waals surface area contributed by atoms with Crippen molar-refractivity contribution in [3.63, 3.8) is 0 Å². The summed E-state index contributed by atoms with van der Waals surface area (Å²) >= 11 is 0. The molecule has 0 fully saturated rings. The van der Waals surface area contributed by atoms with Crippen LogP contribution in [0.15, 0.2) is 87.4 Å². The average Bonchev–Trinajstić information content (AvgIpc) is 2.84. The highest BCUT2D eigenvalue weighted by Crippen LogP contribution is 2.45. The van der Waals surface area contributed by atoms with Crippen LogP contribution in [0.4, 0.5) is 0 Å². The molecule has 1 atom stereocenters. The molecule has 0 saturated carbocycles. The van der Waals surface area contributed by atoms with Gasteiger partial charge in [0, 0.05) is 5.56 Å². The Kier molecular flexibility index (Phi) is 4.76. The van der Waals surface area contributed by atoms with E-state index < -0.39 is 11.5 Å². The van der Waals surface area contributed by atoms with Crippen LogP contribution in [0, 0.1) is 11.3 Å². The van der Waals surface area contributed by atoms with Gasteiger partial charge in [-0.2, -0.15) is 5.26 Å². The lowest BCUT2D eigenvalue weighted by atomic mass is 9.82. The fourth-order valence-electron chi connectivity index (χ4n) is 4.19. The van der Waals surface area contributed by atoms with Crippen molar-refractivity contribution in [2.45, 2.75) is 5.92 Å². The van der Waals surface area contributed by atoms with E-state index in [1.807, 2.05) is 36.4 Å². The molecule has 0 saturated heterocycles. The molecule has 0 aliphatic carbocycles. The maximum Gasteiger partial charge on any atom is 0.344 e. The Labute approximate surface area is 188 Å². The Bertz CT molecular complexity index is 1530. The van der Waals surface area contributed by atoms with Crippen LogP contribution >= 0.6 is 0 Å². The lowest BCUT2D eigenvalue weighted by molar-refractivity contribution is 0.387. The minimum absolute atomic E-state index is 0.0249. The molecule has 0 spiro atoms. The summed E-state index contributed by atoms with van der Waals surface area (Å²) in [6.07, 6.45) is 0. The molecule has 5 rings (SSSR count). The molecule has 1 unspecified atom stereocenters. The third kappa shape index (κ3) is 3.25. The van der Waals surface area contributed by atoms with Crippen LogP contribution in [0.3, 0.4) is 0 Å². The molecule has 0 bridgehead atoms. The third-order valence-corrected chi connectivity index (χ3v) is 5.69. The SMILES string of the molecule is COc1ccc(C2C(C#N)=C(N)Oc3c2c(=O)oc2ccc(O)cc32)cc1-c1ccccc1. The van der Waals surface area contributed by atoms with E-state index in [9.17, 15) is 15.2 Å². The van der Waals surface area contributed by atoms with Gasteiger partial charge >= 0.3 is 5.63 Å². The zero-order valence-corrected chi connectivity index (χ0v) is 17.5. The number of allylic oxidation sites excluding steroid dienone is 1. The maximum atomic E-state index is 13.1. The maximum absolute atomic E-state index is 13.1. The number of rotatable bonds is 3. The Hall–Kier alpha value is -4.70. The van der Waals surface area contributed by atoms with Gasteiger partial charge in [0.05, 0.1) is 24.0 Å².